The molecule has 0 atom stereocenters. The molecule has 25 heavy (non-hydrogen) atoms. The lowest BCUT2D eigenvalue weighted by Crippen LogP contribution is -2.51. The van der Waals surface area contributed by atoms with Crippen LogP contribution in [0.1, 0.15) is 23.2 Å². The van der Waals surface area contributed by atoms with Gasteiger partial charge in [0.15, 0.2) is 0 Å². The van der Waals surface area contributed by atoms with Crippen LogP contribution < -0.4 is 0 Å². The van der Waals surface area contributed by atoms with Crippen LogP contribution in [0.25, 0.3) is 0 Å². The summed E-state index contributed by atoms with van der Waals surface area (Å²) in [5, 5.41) is 0. The third kappa shape index (κ3) is 3.69. The number of piperazine rings is 1. The average molecular weight is 365 g/mol. The van der Waals surface area contributed by atoms with E-state index < -0.39 is 10.0 Å². The number of hydrogen-bond acceptors (Lipinski definition) is 4. The quantitative estimate of drug-likeness (QED) is 0.784. The van der Waals surface area contributed by atoms with Gasteiger partial charge in [0.05, 0.1) is 4.90 Å². The Morgan fingerprint density at radius 2 is 1.48 bits per heavy atom. The first-order chi connectivity index (χ1) is 11.8. The van der Waals surface area contributed by atoms with Crippen molar-refractivity contribution >= 4 is 21.8 Å². The van der Waals surface area contributed by atoms with Crippen LogP contribution in [0.15, 0.2) is 29.2 Å². The van der Waals surface area contributed by atoms with Gasteiger partial charge in [-0.15, -0.1) is 0 Å². The van der Waals surface area contributed by atoms with E-state index in [1.165, 1.54) is 26.2 Å². The molecule has 3 rings (SSSR count). The van der Waals surface area contributed by atoms with Crippen LogP contribution in [0.5, 0.6) is 0 Å². The molecule has 0 spiro atoms. The molecule has 1 heterocycles. The maximum absolute atomic E-state index is 12.6. The number of sulfonamides is 1. The van der Waals surface area contributed by atoms with Gasteiger partial charge in [-0.05, 0) is 37.1 Å². The van der Waals surface area contributed by atoms with Crippen LogP contribution >= 0.6 is 0 Å². The van der Waals surface area contributed by atoms with Crippen molar-refractivity contribution in [2.75, 3.05) is 40.3 Å². The maximum atomic E-state index is 12.6. The van der Waals surface area contributed by atoms with E-state index in [0.29, 0.717) is 31.7 Å². The van der Waals surface area contributed by atoms with Crippen molar-refractivity contribution in [2.24, 2.45) is 5.92 Å². The second-order valence-corrected chi connectivity index (χ2v) is 8.86. The predicted octanol–water partition coefficient (Wildman–Crippen LogP) is 0.631. The number of carbonyl (C=O) groups is 2. The summed E-state index contributed by atoms with van der Waals surface area (Å²) in [5.74, 6) is 0.283. The Balaban J connectivity index is 1.63. The number of carbonyl (C=O) groups excluding carboxylic acids is 2. The first-order valence-corrected chi connectivity index (χ1v) is 9.85. The molecule has 1 saturated heterocycles. The summed E-state index contributed by atoms with van der Waals surface area (Å²) < 4.78 is 25.3. The zero-order chi connectivity index (χ0) is 18.2. The zero-order valence-corrected chi connectivity index (χ0v) is 15.3. The van der Waals surface area contributed by atoms with Gasteiger partial charge in [0.1, 0.15) is 0 Å². The molecular formula is C17H23N3O4S. The predicted molar refractivity (Wildman–Crippen MR) is 92.5 cm³/mol. The standard InChI is InChI=1S/C17H23N3O4S/c1-18(2)25(23,24)15-7-5-14(6-8-15)17(22)20-11-9-19(10-12-20)16(21)13-3-4-13/h5-8,13H,3-4,9-12H2,1-2H3. The lowest BCUT2D eigenvalue weighted by Gasteiger charge is -2.35. The Labute approximate surface area is 148 Å². The minimum absolute atomic E-state index is 0.132. The minimum atomic E-state index is -3.50. The molecule has 1 aromatic rings. The summed E-state index contributed by atoms with van der Waals surface area (Å²) in [6, 6.07) is 5.99. The molecule has 1 aliphatic heterocycles. The van der Waals surface area contributed by atoms with E-state index in [4.69, 9.17) is 0 Å². The van der Waals surface area contributed by atoms with Crippen LogP contribution in [-0.2, 0) is 14.8 Å². The Morgan fingerprint density at radius 1 is 0.960 bits per heavy atom. The molecule has 2 amide bonds. The lowest BCUT2D eigenvalue weighted by molar-refractivity contribution is -0.134. The van der Waals surface area contributed by atoms with Crippen LogP contribution in [-0.4, -0.2) is 74.6 Å². The molecule has 1 saturated carbocycles. The van der Waals surface area contributed by atoms with Gasteiger partial charge in [0.25, 0.3) is 5.91 Å². The maximum Gasteiger partial charge on any atom is 0.253 e. The number of hydrogen-bond donors (Lipinski definition) is 0. The molecule has 0 N–H and O–H groups in total. The molecule has 136 valence electrons. The highest BCUT2D eigenvalue weighted by Gasteiger charge is 2.35. The summed E-state index contributed by atoms with van der Waals surface area (Å²) in [4.78, 5) is 28.4. The first kappa shape index (κ1) is 17.9. The van der Waals surface area contributed by atoms with Gasteiger partial charge in [-0.1, -0.05) is 0 Å². The third-order valence-corrected chi connectivity index (χ3v) is 6.51. The van der Waals surface area contributed by atoms with Gasteiger partial charge in [0.2, 0.25) is 15.9 Å². The molecule has 1 aliphatic carbocycles. The largest absolute Gasteiger partial charge is 0.339 e. The van der Waals surface area contributed by atoms with E-state index >= 15 is 0 Å². The fraction of sp³-hybridized carbons (Fsp3) is 0.529. The van der Waals surface area contributed by atoms with E-state index in [1.807, 2.05) is 4.90 Å². The molecule has 0 radical (unpaired) electrons. The number of benzene rings is 1. The van der Waals surface area contributed by atoms with Gasteiger partial charge >= 0.3 is 0 Å². The monoisotopic (exact) mass is 365 g/mol. The van der Waals surface area contributed by atoms with E-state index in [0.717, 1.165) is 17.1 Å². The fourth-order valence-electron chi connectivity index (χ4n) is 2.88. The van der Waals surface area contributed by atoms with Crippen molar-refractivity contribution in [3.05, 3.63) is 29.8 Å². The van der Waals surface area contributed by atoms with Crippen molar-refractivity contribution < 1.29 is 18.0 Å². The van der Waals surface area contributed by atoms with Crippen molar-refractivity contribution in [2.45, 2.75) is 17.7 Å². The number of rotatable bonds is 4. The van der Waals surface area contributed by atoms with Crippen LogP contribution in [0.3, 0.4) is 0 Å². The Morgan fingerprint density at radius 3 is 1.96 bits per heavy atom. The molecule has 2 aliphatic rings. The van der Waals surface area contributed by atoms with E-state index in [9.17, 15) is 18.0 Å². The average Bonchev–Trinajstić information content (AvgIpc) is 3.46. The smallest absolute Gasteiger partial charge is 0.253 e. The molecule has 0 bridgehead atoms. The van der Waals surface area contributed by atoms with E-state index in [-0.39, 0.29) is 22.6 Å². The van der Waals surface area contributed by atoms with Gasteiger partial charge in [0, 0.05) is 51.8 Å². The van der Waals surface area contributed by atoms with Crippen molar-refractivity contribution in [3.63, 3.8) is 0 Å². The van der Waals surface area contributed by atoms with Crippen LogP contribution in [0.4, 0.5) is 0 Å². The second-order valence-electron chi connectivity index (χ2n) is 6.70. The van der Waals surface area contributed by atoms with Gasteiger partial charge in [-0.3, -0.25) is 9.59 Å². The van der Waals surface area contributed by atoms with Crippen molar-refractivity contribution in [3.8, 4) is 0 Å². The molecule has 7 nitrogen and oxygen atoms in total. The SMILES string of the molecule is CN(C)S(=O)(=O)c1ccc(C(=O)N2CCN(C(=O)C3CC3)CC2)cc1. The minimum Gasteiger partial charge on any atom is -0.339 e. The highest BCUT2D eigenvalue weighted by Crippen LogP contribution is 2.31. The Bertz CT molecular complexity index is 762. The van der Waals surface area contributed by atoms with Gasteiger partial charge < -0.3 is 9.80 Å². The Kier molecular flexibility index (Phi) is 4.83. The third-order valence-electron chi connectivity index (χ3n) is 4.68. The Hall–Kier alpha value is -1.93. The summed E-state index contributed by atoms with van der Waals surface area (Å²) in [6.45, 7) is 2.15. The molecule has 1 aromatic carbocycles. The van der Waals surface area contributed by atoms with Gasteiger partial charge in [-0.2, -0.15) is 0 Å². The summed E-state index contributed by atoms with van der Waals surface area (Å²) in [5.41, 5.74) is 0.458. The fourth-order valence-corrected chi connectivity index (χ4v) is 3.78. The summed E-state index contributed by atoms with van der Waals surface area (Å²) in [7, 11) is -0.561. The summed E-state index contributed by atoms with van der Waals surface area (Å²) in [6.07, 6.45) is 1.97. The van der Waals surface area contributed by atoms with Crippen LogP contribution in [0.2, 0.25) is 0 Å². The highest BCUT2D eigenvalue weighted by atomic mass is 32.2. The molecule has 0 unspecified atom stereocenters. The first-order valence-electron chi connectivity index (χ1n) is 8.41. The van der Waals surface area contributed by atoms with E-state index in [2.05, 4.69) is 0 Å². The highest BCUT2D eigenvalue weighted by molar-refractivity contribution is 7.89. The van der Waals surface area contributed by atoms with Gasteiger partial charge in [-0.25, -0.2) is 12.7 Å². The normalized spacial score (nSPS) is 18.5. The topological polar surface area (TPSA) is 78.0 Å². The van der Waals surface area contributed by atoms with Crippen molar-refractivity contribution in [1.82, 2.24) is 14.1 Å². The van der Waals surface area contributed by atoms with Crippen LogP contribution in [0, 0.1) is 5.92 Å². The molecular weight excluding hydrogens is 342 g/mol. The number of nitrogens with zero attached hydrogens (tertiary/aromatic N) is 3. The molecule has 8 heteroatoms. The number of amides is 2. The van der Waals surface area contributed by atoms with Crippen molar-refractivity contribution in [1.29, 1.82) is 0 Å². The summed E-state index contributed by atoms with van der Waals surface area (Å²) >= 11 is 0. The molecule has 2 fully saturated rings. The van der Waals surface area contributed by atoms with E-state index in [1.54, 1.807) is 17.0 Å². The lowest BCUT2D eigenvalue weighted by atomic mass is 10.1. The zero-order valence-electron chi connectivity index (χ0n) is 14.5. The second kappa shape index (κ2) is 6.76. The molecule has 0 aromatic heterocycles.